The zero-order valence-electron chi connectivity index (χ0n) is 30.5. The van der Waals surface area contributed by atoms with Crippen LogP contribution in [-0.2, 0) is 0 Å². The number of pyridine rings is 1. The van der Waals surface area contributed by atoms with E-state index in [-0.39, 0.29) is 14.9 Å². The standard InChI is InChI=1S/C53H35N3.2CH4/c1-3-15-38(16-4-1)47-33-40(34-48(54-47)39-17-5-2-6-18-39)36-27-29-37(30-28-36)46-35-41(55-49-23-11-7-19-42(49)43-20-8-12-24-50(43)55)31-32-53(46)56-51-25-13-9-21-44(51)45-22-10-14-26-52(45)56;;/h1-35H;2*1H4. The molecule has 0 unspecified atom stereocenters. The van der Waals surface area contributed by atoms with E-state index < -0.39 is 0 Å². The summed E-state index contributed by atoms with van der Waals surface area (Å²) >= 11 is 0. The van der Waals surface area contributed by atoms with E-state index in [2.05, 4.69) is 209 Å². The highest BCUT2D eigenvalue weighted by Crippen LogP contribution is 2.40. The van der Waals surface area contributed by atoms with Gasteiger partial charge in [0.05, 0.1) is 39.1 Å². The van der Waals surface area contributed by atoms with Crippen LogP contribution in [0.15, 0.2) is 212 Å². The summed E-state index contributed by atoms with van der Waals surface area (Å²) in [6.07, 6.45) is 0. The zero-order valence-corrected chi connectivity index (χ0v) is 30.5. The van der Waals surface area contributed by atoms with Crippen LogP contribution in [0.5, 0.6) is 0 Å². The first kappa shape index (κ1) is 36.2. The highest BCUT2D eigenvalue weighted by atomic mass is 15.0. The number of aromatic nitrogens is 3. The number of benzene rings is 8. The maximum atomic E-state index is 5.13. The lowest BCUT2D eigenvalue weighted by molar-refractivity contribution is 1.15. The Labute approximate surface area is 339 Å². The molecular weight excluding hydrogens is 703 g/mol. The quantitative estimate of drug-likeness (QED) is 0.166. The second-order valence-electron chi connectivity index (χ2n) is 14.4. The number of rotatable bonds is 6. The van der Waals surface area contributed by atoms with Gasteiger partial charge in [-0.1, -0.05) is 173 Å². The van der Waals surface area contributed by atoms with E-state index in [0.29, 0.717) is 0 Å². The lowest BCUT2D eigenvalue weighted by Gasteiger charge is -2.18. The predicted molar refractivity (Wildman–Crippen MR) is 248 cm³/mol. The molecule has 8 aromatic carbocycles. The van der Waals surface area contributed by atoms with E-state index in [4.69, 9.17) is 4.98 Å². The van der Waals surface area contributed by atoms with Gasteiger partial charge in [0.15, 0.2) is 0 Å². The third kappa shape index (κ3) is 5.96. The van der Waals surface area contributed by atoms with Crippen LogP contribution in [0.3, 0.4) is 0 Å². The van der Waals surface area contributed by atoms with Crippen molar-refractivity contribution in [2.45, 2.75) is 14.9 Å². The van der Waals surface area contributed by atoms with Crippen LogP contribution in [0.4, 0.5) is 0 Å². The van der Waals surface area contributed by atoms with Crippen molar-refractivity contribution in [2.75, 3.05) is 0 Å². The molecule has 58 heavy (non-hydrogen) atoms. The van der Waals surface area contributed by atoms with Gasteiger partial charge in [-0.25, -0.2) is 4.98 Å². The fraction of sp³-hybridized carbons (Fsp3) is 0.0364. The van der Waals surface area contributed by atoms with E-state index in [1.807, 2.05) is 12.1 Å². The molecule has 0 saturated carbocycles. The lowest BCUT2D eigenvalue weighted by atomic mass is 9.96. The molecule has 3 aromatic heterocycles. The predicted octanol–water partition coefficient (Wildman–Crippen LogP) is 15.2. The minimum absolute atomic E-state index is 0. The van der Waals surface area contributed by atoms with Crippen LogP contribution in [-0.4, -0.2) is 14.1 Å². The van der Waals surface area contributed by atoms with Gasteiger partial charge in [-0.05, 0) is 71.3 Å². The molecule has 278 valence electrons. The van der Waals surface area contributed by atoms with Crippen molar-refractivity contribution in [1.29, 1.82) is 0 Å². The number of fused-ring (bicyclic) bond motifs is 6. The first-order valence-corrected chi connectivity index (χ1v) is 19.1. The molecule has 0 aliphatic rings. The minimum Gasteiger partial charge on any atom is -0.309 e. The first-order chi connectivity index (χ1) is 27.8. The summed E-state index contributed by atoms with van der Waals surface area (Å²) in [5.41, 5.74) is 15.7. The SMILES string of the molecule is C.C.c1ccc(-c2cc(-c3ccc(-c4cc(-n5c6ccccc6c6ccccc65)ccc4-n4c5ccccc5c5ccccc54)cc3)cc(-c3ccccc3)n2)cc1. The summed E-state index contributed by atoms with van der Waals surface area (Å²) < 4.78 is 4.84. The Morgan fingerprint density at radius 1 is 0.293 bits per heavy atom. The third-order valence-corrected chi connectivity index (χ3v) is 11.1. The van der Waals surface area contributed by atoms with Crippen molar-refractivity contribution < 1.29 is 0 Å². The molecule has 11 aromatic rings. The number of nitrogens with zero attached hydrogens (tertiary/aromatic N) is 3. The van der Waals surface area contributed by atoms with Gasteiger partial charge in [0.25, 0.3) is 0 Å². The smallest absolute Gasteiger partial charge is 0.0715 e. The van der Waals surface area contributed by atoms with Gasteiger partial charge in [0, 0.05) is 43.9 Å². The molecule has 3 heteroatoms. The number of hydrogen-bond donors (Lipinski definition) is 0. The van der Waals surface area contributed by atoms with E-state index in [1.165, 1.54) is 43.6 Å². The van der Waals surface area contributed by atoms with Crippen LogP contribution in [0.25, 0.3) is 99.8 Å². The summed E-state index contributed by atoms with van der Waals surface area (Å²) in [6, 6.07) is 76.3. The molecular formula is C55H43N3. The normalized spacial score (nSPS) is 11.2. The molecule has 0 saturated heterocycles. The van der Waals surface area contributed by atoms with Crippen molar-refractivity contribution in [1.82, 2.24) is 14.1 Å². The minimum atomic E-state index is 0. The average molecular weight is 746 g/mol. The Kier molecular flexibility index (Phi) is 9.27. The molecule has 0 aliphatic carbocycles. The van der Waals surface area contributed by atoms with Gasteiger partial charge < -0.3 is 9.13 Å². The van der Waals surface area contributed by atoms with Crippen LogP contribution < -0.4 is 0 Å². The number of hydrogen-bond acceptors (Lipinski definition) is 1. The molecule has 0 atom stereocenters. The Balaban J connectivity index is 0.00000218. The van der Waals surface area contributed by atoms with Crippen LogP contribution >= 0.6 is 0 Å². The third-order valence-electron chi connectivity index (χ3n) is 11.1. The van der Waals surface area contributed by atoms with Crippen molar-refractivity contribution in [3.63, 3.8) is 0 Å². The highest BCUT2D eigenvalue weighted by Gasteiger charge is 2.19. The van der Waals surface area contributed by atoms with Gasteiger partial charge in [-0.2, -0.15) is 0 Å². The Morgan fingerprint density at radius 2 is 0.690 bits per heavy atom. The molecule has 3 heterocycles. The number of para-hydroxylation sites is 4. The van der Waals surface area contributed by atoms with Crippen molar-refractivity contribution in [3.05, 3.63) is 212 Å². The molecule has 11 rings (SSSR count). The topological polar surface area (TPSA) is 22.8 Å². The Hall–Kier alpha value is -7.49. The van der Waals surface area contributed by atoms with Gasteiger partial charge in [-0.3, -0.25) is 0 Å². The van der Waals surface area contributed by atoms with Gasteiger partial charge in [0.1, 0.15) is 0 Å². The van der Waals surface area contributed by atoms with E-state index in [0.717, 1.165) is 56.1 Å². The largest absolute Gasteiger partial charge is 0.309 e. The van der Waals surface area contributed by atoms with Crippen LogP contribution in [0, 0.1) is 0 Å². The molecule has 0 amide bonds. The molecule has 0 bridgehead atoms. The summed E-state index contributed by atoms with van der Waals surface area (Å²) in [7, 11) is 0. The monoisotopic (exact) mass is 745 g/mol. The second-order valence-corrected chi connectivity index (χ2v) is 14.4. The summed E-state index contributed by atoms with van der Waals surface area (Å²) in [5, 5.41) is 5.00. The molecule has 0 aliphatic heterocycles. The summed E-state index contributed by atoms with van der Waals surface area (Å²) in [4.78, 5) is 5.13. The first-order valence-electron chi connectivity index (χ1n) is 19.1. The summed E-state index contributed by atoms with van der Waals surface area (Å²) in [5.74, 6) is 0. The summed E-state index contributed by atoms with van der Waals surface area (Å²) in [6.45, 7) is 0. The van der Waals surface area contributed by atoms with E-state index in [9.17, 15) is 0 Å². The van der Waals surface area contributed by atoms with Crippen molar-refractivity contribution in [3.8, 4) is 56.1 Å². The molecule has 0 N–H and O–H groups in total. The van der Waals surface area contributed by atoms with Gasteiger partial charge >= 0.3 is 0 Å². The van der Waals surface area contributed by atoms with E-state index in [1.54, 1.807) is 0 Å². The average Bonchev–Trinajstić information content (AvgIpc) is 3.80. The van der Waals surface area contributed by atoms with Crippen molar-refractivity contribution >= 4 is 43.6 Å². The van der Waals surface area contributed by atoms with Crippen LogP contribution in [0.2, 0.25) is 0 Å². The maximum Gasteiger partial charge on any atom is 0.0715 e. The lowest BCUT2D eigenvalue weighted by Crippen LogP contribution is -2.00. The second kappa shape index (κ2) is 14.9. The highest BCUT2D eigenvalue weighted by molar-refractivity contribution is 6.11. The Morgan fingerprint density at radius 3 is 1.16 bits per heavy atom. The maximum absolute atomic E-state index is 5.13. The zero-order chi connectivity index (χ0) is 37.0. The molecule has 0 fully saturated rings. The van der Waals surface area contributed by atoms with E-state index >= 15 is 0 Å². The fourth-order valence-corrected chi connectivity index (χ4v) is 8.53. The van der Waals surface area contributed by atoms with Gasteiger partial charge in [0.2, 0.25) is 0 Å². The fourth-order valence-electron chi connectivity index (χ4n) is 8.53. The molecule has 3 nitrogen and oxygen atoms in total. The Bertz CT molecular complexity index is 3060. The van der Waals surface area contributed by atoms with Crippen molar-refractivity contribution in [2.24, 2.45) is 0 Å². The van der Waals surface area contributed by atoms with Crippen LogP contribution in [0.1, 0.15) is 14.9 Å². The molecule has 0 spiro atoms. The molecule has 0 radical (unpaired) electrons. The van der Waals surface area contributed by atoms with Gasteiger partial charge in [-0.15, -0.1) is 0 Å².